The smallest absolute Gasteiger partial charge is 0.154 e. The van der Waals surface area contributed by atoms with E-state index >= 15 is 0 Å². The van der Waals surface area contributed by atoms with Gasteiger partial charge in [0.2, 0.25) is 0 Å². The Balaban J connectivity index is 0.000000226. The third-order valence-electron chi connectivity index (χ3n) is 6.78. The average molecular weight is 645 g/mol. The van der Waals surface area contributed by atoms with Gasteiger partial charge in [-0.15, -0.1) is 30.4 Å². The average Bonchev–Trinajstić information content (AvgIpc) is 2.95. The number of benzene rings is 5. The molecular weight excluding hydrogens is 605 g/mol. The van der Waals surface area contributed by atoms with Crippen LogP contribution in [0.25, 0.3) is 10.8 Å². The number of methoxy groups -OCH3 is 1. The molecule has 12 heteroatoms. The molecule has 0 fully saturated rings. The number of phenols is 1. The molecule has 0 unspecified atom stereocenters. The van der Waals surface area contributed by atoms with E-state index in [1.165, 1.54) is 11.1 Å². The lowest BCUT2D eigenvalue weighted by atomic mass is 10.1. The zero-order valence-corrected chi connectivity index (χ0v) is 27.7. The summed E-state index contributed by atoms with van der Waals surface area (Å²) < 4.78 is 4.98. The van der Waals surface area contributed by atoms with Crippen molar-refractivity contribution < 1.29 is 9.84 Å². The van der Waals surface area contributed by atoms with E-state index in [2.05, 4.69) is 41.6 Å². The Bertz CT molecular complexity index is 1840. The quantitative estimate of drug-likeness (QED) is 0.0539. The van der Waals surface area contributed by atoms with Crippen LogP contribution in [0.5, 0.6) is 11.5 Å². The highest BCUT2D eigenvalue weighted by atomic mass is 32.1. The van der Waals surface area contributed by atoms with Gasteiger partial charge in [-0.25, -0.2) is 0 Å². The summed E-state index contributed by atoms with van der Waals surface area (Å²) >= 11 is 8.77. The van der Waals surface area contributed by atoms with Crippen LogP contribution in [0.4, 0.5) is 45.5 Å². The summed E-state index contributed by atoms with van der Waals surface area (Å²) in [6.45, 7) is 7.88. The van der Waals surface area contributed by atoms with E-state index in [0.29, 0.717) is 54.7 Å². The van der Waals surface area contributed by atoms with Crippen LogP contribution in [-0.2, 0) is 0 Å². The maximum absolute atomic E-state index is 10.6. The van der Waals surface area contributed by atoms with Crippen molar-refractivity contribution in [1.82, 2.24) is 0 Å². The van der Waals surface area contributed by atoms with E-state index in [1.807, 2.05) is 39.8 Å². The Morgan fingerprint density at radius 3 is 1.84 bits per heavy atom. The van der Waals surface area contributed by atoms with E-state index in [-0.39, 0.29) is 17.1 Å². The Labute approximate surface area is 274 Å². The predicted molar refractivity (Wildman–Crippen MR) is 196 cm³/mol. The second-order valence-electron chi connectivity index (χ2n) is 10.5. The molecule has 0 atom stereocenters. The normalized spacial score (nSPS) is 10.6. The molecule has 0 amide bonds. The van der Waals surface area contributed by atoms with Crippen LogP contribution in [-0.4, -0.2) is 12.2 Å². The maximum atomic E-state index is 10.6. The molecule has 0 radical (unpaired) electrons. The highest BCUT2D eigenvalue weighted by molar-refractivity contribution is 7.80. The maximum Gasteiger partial charge on any atom is 0.154 e. The number of azo groups is 1. The van der Waals surface area contributed by atoms with Crippen LogP contribution in [0.3, 0.4) is 0 Å². The van der Waals surface area contributed by atoms with Crippen LogP contribution in [0.15, 0.2) is 80.7 Å². The van der Waals surface area contributed by atoms with Crippen molar-refractivity contribution in [2.45, 2.75) is 37.5 Å². The molecule has 0 aliphatic rings. The summed E-state index contributed by atoms with van der Waals surface area (Å²) in [6.07, 6.45) is 0. The molecule has 5 rings (SSSR count). The summed E-state index contributed by atoms with van der Waals surface area (Å²) in [5, 5.41) is 19.9. The van der Waals surface area contributed by atoms with Crippen molar-refractivity contribution >= 4 is 81.5 Å². The van der Waals surface area contributed by atoms with Gasteiger partial charge in [0.05, 0.1) is 35.2 Å². The zero-order chi connectivity index (χ0) is 33.6. The third kappa shape index (κ3) is 8.58. The molecule has 236 valence electrons. The second-order valence-corrected chi connectivity index (χ2v) is 11.5. The fourth-order valence-electron chi connectivity index (χ4n) is 4.41. The topological polar surface area (TPSA) is 210 Å². The van der Waals surface area contributed by atoms with Gasteiger partial charge in [-0.2, -0.15) is 5.11 Å². The second kappa shape index (κ2) is 14.7. The van der Waals surface area contributed by atoms with Gasteiger partial charge in [-0.05, 0) is 98.5 Å². The molecule has 0 aliphatic carbocycles. The number of hydrogen-bond donors (Lipinski definition) is 9. The van der Waals surface area contributed by atoms with Gasteiger partial charge in [0.1, 0.15) is 11.4 Å². The van der Waals surface area contributed by atoms with Gasteiger partial charge in [0, 0.05) is 38.3 Å². The summed E-state index contributed by atoms with van der Waals surface area (Å²) in [5.74, 6) is 0.492. The lowest BCUT2D eigenvalue weighted by molar-refractivity contribution is 0.417. The number of fused-ring (bicyclic) bond motifs is 1. The largest absolute Gasteiger partial charge is 0.505 e. The number of nitrogens with two attached hydrogens (primary N) is 6. The number of thiol groups is 2. The minimum atomic E-state index is -0.140. The summed E-state index contributed by atoms with van der Waals surface area (Å²) in [7, 11) is 1.57. The van der Waals surface area contributed by atoms with E-state index < -0.39 is 0 Å². The first-order valence-electron chi connectivity index (χ1n) is 13.7. The van der Waals surface area contributed by atoms with Crippen LogP contribution >= 0.6 is 25.3 Å². The van der Waals surface area contributed by atoms with Gasteiger partial charge in [0.25, 0.3) is 0 Å². The molecule has 0 bridgehead atoms. The van der Waals surface area contributed by atoms with Gasteiger partial charge in [-0.1, -0.05) is 6.07 Å². The number of ether oxygens (including phenoxy) is 1. The summed E-state index contributed by atoms with van der Waals surface area (Å²) in [5.41, 5.74) is 43.1. The standard InChI is InChI=1S/C17H17N5OS2.C8H12N2O.C8H11N/c1-7-4-8(2-3-10(7)18)21-22-16-13(25)5-9-12(24)6-11(19)15(20)14(9)17(16)23;1-5-3-7(10)8(11-2)4-6(5)9;1-6-3-7(2)5-8(9)4-6/h2-6,23-25H,18-20H2,1H3;3-4H,9-10H2,1-2H3;3-5H,9H2,1-2H3. The summed E-state index contributed by atoms with van der Waals surface area (Å²) in [6, 6.07) is 18.2. The van der Waals surface area contributed by atoms with Gasteiger partial charge >= 0.3 is 0 Å². The number of aryl methyl sites for hydroxylation is 4. The Kier molecular flexibility index (Phi) is 11.3. The van der Waals surface area contributed by atoms with Crippen molar-refractivity contribution in [2.24, 2.45) is 10.2 Å². The van der Waals surface area contributed by atoms with Crippen molar-refractivity contribution in [3.8, 4) is 11.5 Å². The Morgan fingerprint density at radius 1 is 0.644 bits per heavy atom. The van der Waals surface area contributed by atoms with Gasteiger partial charge in [0.15, 0.2) is 5.75 Å². The number of anilines is 6. The number of hydrogen-bond acceptors (Lipinski definition) is 12. The molecule has 5 aromatic carbocycles. The SMILES string of the molecule is COc1cc(N)c(C)cc1N.Cc1cc(C)cc(N)c1.Cc1cc(N=Nc2c(S)cc3c(S)cc(N)c(N)c3c2O)ccc1N. The number of phenolic OH excluding ortho intramolecular Hbond substituents is 1. The Hall–Kier alpha value is -4.94. The highest BCUT2D eigenvalue weighted by Gasteiger charge is 2.17. The number of nitrogen functional groups attached to an aromatic ring is 6. The lowest BCUT2D eigenvalue weighted by Crippen LogP contribution is -1.96. The first-order valence-corrected chi connectivity index (χ1v) is 14.6. The minimum Gasteiger partial charge on any atom is -0.505 e. The van der Waals surface area contributed by atoms with Crippen LogP contribution in [0.1, 0.15) is 22.3 Å². The van der Waals surface area contributed by atoms with E-state index in [1.54, 1.807) is 49.6 Å². The molecule has 0 aromatic heterocycles. The van der Waals surface area contributed by atoms with Gasteiger partial charge in [-0.3, -0.25) is 0 Å². The van der Waals surface area contributed by atoms with E-state index in [9.17, 15) is 5.11 Å². The van der Waals surface area contributed by atoms with E-state index in [0.717, 1.165) is 16.8 Å². The molecule has 0 aliphatic heterocycles. The highest BCUT2D eigenvalue weighted by Crippen LogP contribution is 2.46. The Morgan fingerprint density at radius 2 is 1.27 bits per heavy atom. The van der Waals surface area contributed by atoms with Crippen molar-refractivity contribution in [3.63, 3.8) is 0 Å². The first kappa shape index (κ1) is 34.5. The van der Waals surface area contributed by atoms with E-state index in [4.69, 9.17) is 39.1 Å². The molecule has 0 saturated carbocycles. The number of nitrogens with zero attached hydrogens (tertiary/aromatic N) is 2. The van der Waals surface area contributed by atoms with Crippen LogP contribution < -0.4 is 39.1 Å². The molecule has 5 aromatic rings. The number of rotatable bonds is 3. The molecule has 0 spiro atoms. The van der Waals surface area contributed by atoms with Crippen molar-refractivity contribution in [1.29, 1.82) is 0 Å². The molecule has 0 saturated heterocycles. The lowest BCUT2D eigenvalue weighted by Gasteiger charge is -2.12. The predicted octanol–water partition coefficient (Wildman–Crippen LogP) is 7.65. The zero-order valence-electron chi connectivity index (χ0n) is 25.9. The molecule has 45 heavy (non-hydrogen) atoms. The summed E-state index contributed by atoms with van der Waals surface area (Å²) in [4.78, 5) is 1.03. The fourth-order valence-corrected chi connectivity index (χ4v) is 5.00. The molecule has 0 heterocycles. The monoisotopic (exact) mass is 644 g/mol. The molecule has 10 nitrogen and oxygen atoms in total. The molecule has 13 N–H and O–H groups in total. The van der Waals surface area contributed by atoms with Crippen molar-refractivity contribution in [3.05, 3.63) is 82.9 Å². The molecular formula is C33H40N8O2S2. The van der Waals surface area contributed by atoms with Crippen LogP contribution in [0, 0.1) is 27.7 Å². The minimum absolute atomic E-state index is 0.140. The van der Waals surface area contributed by atoms with Crippen LogP contribution in [0.2, 0.25) is 0 Å². The third-order valence-corrected chi connectivity index (χ3v) is 7.49. The number of aromatic hydroxyl groups is 1. The van der Waals surface area contributed by atoms with Crippen molar-refractivity contribution in [2.75, 3.05) is 41.5 Å². The van der Waals surface area contributed by atoms with Gasteiger partial charge < -0.3 is 44.2 Å². The fraction of sp³-hybridized carbons (Fsp3) is 0.152. The first-order chi connectivity index (χ1) is 21.1.